The van der Waals surface area contributed by atoms with Crippen LogP contribution in [-0.2, 0) is 9.53 Å². The summed E-state index contributed by atoms with van der Waals surface area (Å²) in [6.45, 7) is 0. The molecule has 1 fully saturated rings. The largest absolute Gasteiger partial charge is 0.469 e. The second-order valence-electron chi connectivity index (χ2n) is 5.47. The molecule has 1 saturated carbocycles. The number of fused-ring (bicyclic) bond motifs is 1. The fourth-order valence-corrected chi connectivity index (χ4v) is 3.03. The molecular formula is C15H16F2N2O2. The highest BCUT2D eigenvalue weighted by Gasteiger charge is 2.46. The predicted molar refractivity (Wildman–Crippen MR) is 72.2 cm³/mol. The van der Waals surface area contributed by atoms with Gasteiger partial charge in [0, 0.05) is 25.0 Å². The number of hydrogen-bond donors (Lipinski definition) is 0. The fourth-order valence-electron chi connectivity index (χ4n) is 3.03. The first-order chi connectivity index (χ1) is 10.00. The van der Waals surface area contributed by atoms with Gasteiger partial charge in [0.15, 0.2) is 0 Å². The highest BCUT2D eigenvalue weighted by molar-refractivity contribution is 5.74. The summed E-state index contributed by atoms with van der Waals surface area (Å²) in [5, 5.41) is 4.42. The number of carbonyl (C=O) groups excluding carboxylic acids is 1. The molecule has 112 valence electrons. The Morgan fingerprint density at radius 2 is 2.29 bits per heavy atom. The average Bonchev–Trinajstić information content (AvgIpc) is 2.89. The SMILES string of the molecule is COC(=O)[C@@H]1CC(F)(F)CC[C@H]1c1cc2ccccn2n1. The molecule has 0 aromatic carbocycles. The van der Waals surface area contributed by atoms with E-state index in [1.165, 1.54) is 7.11 Å². The summed E-state index contributed by atoms with van der Waals surface area (Å²) in [5.41, 5.74) is 1.56. The highest BCUT2D eigenvalue weighted by Crippen LogP contribution is 2.45. The summed E-state index contributed by atoms with van der Waals surface area (Å²) in [4.78, 5) is 11.9. The Hall–Kier alpha value is -1.98. The van der Waals surface area contributed by atoms with Crippen molar-refractivity contribution < 1.29 is 18.3 Å². The van der Waals surface area contributed by atoms with Crippen molar-refractivity contribution in [3.8, 4) is 0 Å². The van der Waals surface area contributed by atoms with Crippen LogP contribution in [0.25, 0.3) is 5.52 Å². The van der Waals surface area contributed by atoms with Crippen molar-refractivity contribution in [3.63, 3.8) is 0 Å². The maximum atomic E-state index is 13.6. The van der Waals surface area contributed by atoms with E-state index in [4.69, 9.17) is 4.74 Å². The maximum absolute atomic E-state index is 13.6. The van der Waals surface area contributed by atoms with Crippen molar-refractivity contribution in [2.75, 3.05) is 7.11 Å². The van der Waals surface area contributed by atoms with Crippen molar-refractivity contribution in [3.05, 3.63) is 36.2 Å². The van der Waals surface area contributed by atoms with Crippen LogP contribution in [0.3, 0.4) is 0 Å². The zero-order chi connectivity index (χ0) is 15.0. The van der Waals surface area contributed by atoms with Crippen LogP contribution in [0.4, 0.5) is 8.78 Å². The van der Waals surface area contributed by atoms with Crippen LogP contribution in [0.1, 0.15) is 30.9 Å². The first-order valence-corrected chi connectivity index (χ1v) is 6.90. The summed E-state index contributed by atoms with van der Waals surface area (Å²) >= 11 is 0. The highest BCUT2D eigenvalue weighted by atomic mass is 19.3. The summed E-state index contributed by atoms with van der Waals surface area (Å²) in [6, 6.07) is 7.47. The Bertz CT molecular complexity index is 635. The summed E-state index contributed by atoms with van der Waals surface area (Å²) in [5.74, 6) is -4.56. The van der Waals surface area contributed by atoms with Gasteiger partial charge in [-0.15, -0.1) is 0 Å². The fraction of sp³-hybridized carbons (Fsp3) is 0.467. The number of carbonyl (C=O) groups is 1. The molecular weight excluding hydrogens is 278 g/mol. The zero-order valence-corrected chi connectivity index (χ0v) is 11.6. The van der Waals surface area contributed by atoms with Gasteiger partial charge in [0.2, 0.25) is 5.92 Å². The molecule has 3 rings (SSSR count). The Morgan fingerprint density at radius 1 is 1.48 bits per heavy atom. The Morgan fingerprint density at radius 3 is 3.00 bits per heavy atom. The average molecular weight is 294 g/mol. The molecule has 21 heavy (non-hydrogen) atoms. The predicted octanol–water partition coefficient (Wildman–Crippen LogP) is 3.03. The molecule has 0 spiro atoms. The molecule has 2 atom stereocenters. The van der Waals surface area contributed by atoms with Crippen LogP contribution in [0, 0.1) is 5.92 Å². The number of esters is 1. The molecule has 0 bridgehead atoms. The van der Waals surface area contributed by atoms with Gasteiger partial charge in [-0.05, 0) is 24.6 Å². The van der Waals surface area contributed by atoms with Crippen LogP contribution >= 0.6 is 0 Å². The van der Waals surface area contributed by atoms with E-state index in [2.05, 4.69) is 5.10 Å². The van der Waals surface area contributed by atoms with E-state index < -0.39 is 24.2 Å². The zero-order valence-electron chi connectivity index (χ0n) is 11.6. The lowest BCUT2D eigenvalue weighted by Gasteiger charge is -2.33. The van der Waals surface area contributed by atoms with Gasteiger partial charge in [0.05, 0.1) is 24.2 Å². The second kappa shape index (κ2) is 5.09. The lowest BCUT2D eigenvalue weighted by atomic mass is 9.75. The minimum atomic E-state index is -2.81. The van der Waals surface area contributed by atoms with E-state index in [9.17, 15) is 13.6 Å². The Kier molecular flexibility index (Phi) is 3.39. The molecule has 0 aliphatic heterocycles. The van der Waals surface area contributed by atoms with E-state index in [1.54, 1.807) is 10.7 Å². The van der Waals surface area contributed by atoms with Crippen molar-refractivity contribution in [1.29, 1.82) is 0 Å². The molecule has 6 heteroatoms. The number of aromatic nitrogens is 2. The number of rotatable bonds is 2. The van der Waals surface area contributed by atoms with Gasteiger partial charge < -0.3 is 4.74 Å². The standard InChI is InChI=1S/C15H16F2N2O2/c1-21-14(20)12-9-15(16,17)6-5-11(12)13-8-10-4-2-3-7-19(10)18-13/h2-4,7-8,11-12H,5-6,9H2,1H3/t11-,12-/m1/s1. The van der Waals surface area contributed by atoms with Gasteiger partial charge >= 0.3 is 5.97 Å². The maximum Gasteiger partial charge on any atom is 0.309 e. The normalized spacial score (nSPS) is 24.9. The summed E-state index contributed by atoms with van der Waals surface area (Å²) in [6.07, 6.45) is 1.33. The first kappa shape index (κ1) is 14.0. The third-order valence-electron chi connectivity index (χ3n) is 4.10. The van der Waals surface area contributed by atoms with E-state index in [1.807, 2.05) is 24.3 Å². The van der Waals surface area contributed by atoms with E-state index in [-0.39, 0.29) is 18.8 Å². The molecule has 4 nitrogen and oxygen atoms in total. The molecule has 2 heterocycles. The number of methoxy groups -OCH3 is 1. The lowest BCUT2D eigenvalue weighted by molar-refractivity contribution is -0.154. The number of nitrogens with zero attached hydrogens (tertiary/aromatic N) is 2. The molecule has 2 aromatic rings. The van der Waals surface area contributed by atoms with E-state index in [0.717, 1.165) is 5.52 Å². The van der Waals surface area contributed by atoms with Gasteiger partial charge in [-0.3, -0.25) is 4.79 Å². The third-order valence-corrected chi connectivity index (χ3v) is 4.10. The van der Waals surface area contributed by atoms with Crippen molar-refractivity contribution >= 4 is 11.5 Å². The van der Waals surface area contributed by atoms with Crippen LogP contribution in [0.5, 0.6) is 0 Å². The molecule has 0 N–H and O–H groups in total. The topological polar surface area (TPSA) is 43.6 Å². The van der Waals surface area contributed by atoms with Crippen molar-refractivity contribution in [2.24, 2.45) is 5.92 Å². The Labute approximate surface area is 120 Å². The van der Waals surface area contributed by atoms with E-state index in [0.29, 0.717) is 5.69 Å². The monoisotopic (exact) mass is 294 g/mol. The van der Waals surface area contributed by atoms with Gasteiger partial charge in [-0.2, -0.15) is 5.10 Å². The molecule has 0 unspecified atom stereocenters. The first-order valence-electron chi connectivity index (χ1n) is 6.90. The number of ether oxygens (including phenoxy) is 1. The quantitative estimate of drug-likeness (QED) is 0.800. The van der Waals surface area contributed by atoms with Crippen LogP contribution < -0.4 is 0 Å². The summed E-state index contributed by atoms with van der Waals surface area (Å²) in [7, 11) is 1.23. The lowest BCUT2D eigenvalue weighted by Crippen LogP contribution is -2.36. The number of halogens is 2. The second-order valence-corrected chi connectivity index (χ2v) is 5.47. The Balaban J connectivity index is 1.96. The van der Waals surface area contributed by atoms with Gasteiger partial charge in [0.1, 0.15) is 0 Å². The number of hydrogen-bond acceptors (Lipinski definition) is 3. The number of alkyl halides is 2. The molecule has 0 radical (unpaired) electrons. The molecule has 1 aliphatic carbocycles. The van der Waals surface area contributed by atoms with Crippen molar-refractivity contribution in [2.45, 2.75) is 31.1 Å². The van der Waals surface area contributed by atoms with Gasteiger partial charge in [-0.1, -0.05) is 6.07 Å². The van der Waals surface area contributed by atoms with Crippen LogP contribution in [0.15, 0.2) is 30.5 Å². The molecule has 0 amide bonds. The third kappa shape index (κ3) is 2.62. The summed E-state index contributed by atoms with van der Waals surface area (Å²) < 4.78 is 33.6. The molecule has 2 aromatic heterocycles. The minimum Gasteiger partial charge on any atom is -0.469 e. The van der Waals surface area contributed by atoms with Crippen LogP contribution in [-0.4, -0.2) is 28.6 Å². The van der Waals surface area contributed by atoms with Gasteiger partial charge in [-0.25, -0.2) is 13.3 Å². The minimum absolute atomic E-state index is 0.223. The molecule has 0 saturated heterocycles. The van der Waals surface area contributed by atoms with Crippen LogP contribution in [0.2, 0.25) is 0 Å². The van der Waals surface area contributed by atoms with Gasteiger partial charge in [0.25, 0.3) is 0 Å². The van der Waals surface area contributed by atoms with E-state index >= 15 is 0 Å². The number of pyridine rings is 1. The smallest absolute Gasteiger partial charge is 0.309 e. The molecule has 1 aliphatic rings. The van der Waals surface area contributed by atoms with Crippen molar-refractivity contribution in [1.82, 2.24) is 9.61 Å².